The van der Waals surface area contributed by atoms with E-state index in [2.05, 4.69) is 34.5 Å². The van der Waals surface area contributed by atoms with Crippen molar-refractivity contribution in [1.29, 1.82) is 0 Å². The van der Waals surface area contributed by atoms with E-state index in [-0.39, 0.29) is 18.1 Å². The number of aromatic nitrogens is 2. The van der Waals surface area contributed by atoms with Crippen molar-refractivity contribution in [2.24, 2.45) is 0 Å². The summed E-state index contributed by atoms with van der Waals surface area (Å²) >= 11 is 0. The molecule has 0 aliphatic heterocycles. The molecule has 0 aliphatic carbocycles. The van der Waals surface area contributed by atoms with Gasteiger partial charge in [-0.05, 0) is 19.0 Å². The Morgan fingerprint density at radius 2 is 2.00 bits per heavy atom. The van der Waals surface area contributed by atoms with Crippen molar-refractivity contribution in [1.82, 2.24) is 15.5 Å². The minimum atomic E-state index is -0.112. The Balaban J connectivity index is 2.20. The van der Waals surface area contributed by atoms with Crippen LogP contribution in [-0.2, 0) is 4.74 Å². The van der Waals surface area contributed by atoms with Crippen LogP contribution >= 0.6 is 0 Å². The lowest BCUT2D eigenvalue weighted by molar-refractivity contribution is 0.0903. The molecule has 2 rings (SSSR count). The van der Waals surface area contributed by atoms with Crippen molar-refractivity contribution in [3.63, 3.8) is 0 Å². The highest BCUT2D eigenvalue weighted by Crippen LogP contribution is 2.30. The molecule has 0 saturated carbocycles. The van der Waals surface area contributed by atoms with Crippen LogP contribution in [0.4, 0.5) is 0 Å². The van der Waals surface area contributed by atoms with Gasteiger partial charge in [0, 0.05) is 13.2 Å². The topological polar surface area (TPSA) is 60.2 Å². The van der Waals surface area contributed by atoms with E-state index in [1.54, 1.807) is 7.11 Å². The minimum absolute atomic E-state index is 0.0769. The van der Waals surface area contributed by atoms with Crippen LogP contribution in [-0.4, -0.2) is 24.3 Å². The fraction of sp³-hybridized carbons (Fsp3) is 0.500. The van der Waals surface area contributed by atoms with Crippen LogP contribution in [0.5, 0.6) is 0 Å². The van der Waals surface area contributed by atoms with E-state index in [1.807, 2.05) is 32.2 Å². The highest BCUT2D eigenvalue weighted by Gasteiger charge is 2.26. The van der Waals surface area contributed by atoms with Crippen molar-refractivity contribution in [3.05, 3.63) is 47.6 Å². The van der Waals surface area contributed by atoms with Gasteiger partial charge in [0.05, 0.1) is 5.92 Å². The molecule has 0 fully saturated rings. The third-order valence-electron chi connectivity index (χ3n) is 3.76. The molecule has 1 aromatic carbocycles. The molecule has 0 radical (unpaired) electrons. The first-order valence-corrected chi connectivity index (χ1v) is 7.29. The van der Waals surface area contributed by atoms with Crippen LogP contribution in [0.1, 0.15) is 55.6 Å². The van der Waals surface area contributed by atoms with E-state index in [4.69, 9.17) is 9.26 Å². The van der Waals surface area contributed by atoms with Gasteiger partial charge in [-0.3, -0.25) is 0 Å². The second-order valence-electron chi connectivity index (χ2n) is 5.09. The summed E-state index contributed by atoms with van der Waals surface area (Å²) in [5.74, 6) is 1.32. The Bertz CT molecular complexity index is 537. The summed E-state index contributed by atoms with van der Waals surface area (Å²) in [6, 6.07) is 10.4. The summed E-state index contributed by atoms with van der Waals surface area (Å²) in [5, 5.41) is 7.37. The Morgan fingerprint density at radius 3 is 2.57 bits per heavy atom. The average molecular weight is 289 g/mol. The summed E-state index contributed by atoms with van der Waals surface area (Å²) in [6.07, 6.45) is 0.706. The first-order valence-electron chi connectivity index (χ1n) is 7.29. The quantitative estimate of drug-likeness (QED) is 0.848. The van der Waals surface area contributed by atoms with Gasteiger partial charge in [0.1, 0.15) is 6.10 Å². The molecular weight excluding hydrogens is 266 g/mol. The van der Waals surface area contributed by atoms with Crippen LogP contribution in [0, 0.1) is 0 Å². The molecule has 21 heavy (non-hydrogen) atoms. The zero-order valence-electron chi connectivity index (χ0n) is 13.0. The van der Waals surface area contributed by atoms with Gasteiger partial charge in [-0.2, -0.15) is 4.98 Å². The molecule has 2 aromatic rings. The van der Waals surface area contributed by atoms with Gasteiger partial charge in [0.2, 0.25) is 11.7 Å². The molecule has 1 N–H and O–H groups in total. The lowest BCUT2D eigenvalue weighted by Gasteiger charge is -2.21. The number of ether oxygens (including phenoxy) is 1. The first kappa shape index (κ1) is 15.7. The third kappa shape index (κ3) is 3.49. The predicted molar refractivity (Wildman–Crippen MR) is 81.0 cm³/mol. The van der Waals surface area contributed by atoms with Gasteiger partial charge in [0.25, 0.3) is 0 Å². The van der Waals surface area contributed by atoms with E-state index < -0.39 is 0 Å². The molecule has 1 heterocycles. The molecular formula is C16H23N3O2. The van der Waals surface area contributed by atoms with E-state index in [1.165, 1.54) is 5.56 Å². The number of methoxy groups -OCH3 is 1. The number of likely N-dealkylation sites (N-methyl/N-ethyl adjacent to an activating group) is 1. The van der Waals surface area contributed by atoms with Crippen molar-refractivity contribution in [3.8, 4) is 0 Å². The Kier molecular flexibility index (Phi) is 5.47. The Labute approximate surface area is 125 Å². The molecule has 0 aliphatic rings. The number of hydrogen-bond donors (Lipinski definition) is 1. The van der Waals surface area contributed by atoms with Crippen molar-refractivity contribution in [2.75, 3.05) is 14.2 Å². The zero-order valence-corrected chi connectivity index (χ0v) is 13.0. The first-order chi connectivity index (χ1) is 10.2. The molecule has 114 valence electrons. The Morgan fingerprint density at radius 1 is 1.29 bits per heavy atom. The summed E-state index contributed by atoms with van der Waals surface area (Å²) in [5.41, 5.74) is 1.20. The molecule has 0 spiro atoms. The molecule has 5 heteroatoms. The minimum Gasteiger partial charge on any atom is -0.373 e. The van der Waals surface area contributed by atoms with Crippen molar-refractivity contribution < 1.29 is 9.26 Å². The fourth-order valence-corrected chi connectivity index (χ4v) is 2.53. The molecule has 3 atom stereocenters. The van der Waals surface area contributed by atoms with Gasteiger partial charge in [0.15, 0.2) is 0 Å². The second kappa shape index (κ2) is 7.33. The van der Waals surface area contributed by atoms with Gasteiger partial charge in [-0.15, -0.1) is 0 Å². The largest absolute Gasteiger partial charge is 0.373 e. The van der Waals surface area contributed by atoms with Crippen LogP contribution < -0.4 is 5.32 Å². The Hall–Kier alpha value is -1.72. The third-order valence-corrected chi connectivity index (χ3v) is 3.76. The SMILES string of the molecule is CCC(OC)c1noc(C(C)C(NC)c2ccccc2)n1. The molecule has 0 saturated heterocycles. The van der Waals surface area contributed by atoms with Gasteiger partial charge in [-0.1, -0.05) is 49.3 Å². The fourth-order valence-electron chi connectivity index (χ4n) is 2.53. The number of hydrogen-bond acceptors (Lipinski definition) is 5. The van der Waals surface area contributed by atoms with E-state index in [0.717, 1.165) is 6.42 Å². The molecule has 0 amide bonds. The highest BCUT2D eigenvalue weighted by molar-refractivity contribution is 5.21. The smallest absolute Gasteiger partial charge is 0.231 e. The predicted octanol–water partition coefficient (Wildman–Crippen LogP) is 3.23. The summed E-state index contributed by atoms with van der Waals surface area (Å²) in [6.45, 7) is 4.12. The van der Waals surface area contributed by atoms with Crippen LogP contribution in [0.15, 0.2) is 34.9 Å². The summed E-state index contributed by atoms with van der Waals surface area (Å²) < 4.78 is 10.8. The van der Waals surface area contributed by atoms with Gasteiger partial charge >= 0.3 is 0 Å². The van der Waals surface area contributed by atoms with Crippen LogP contribution in [0.2, 0.25) is 0 Å². The molecule has 3 unspecified atom stereocenters. The number of rotatable bonds is 7. The number of nitrogens with one attached hydrogen (secondary N) is 1. The lowest BCUT2D eigenvalue weighted by atomic mass is 9.94. The molecule has 0 bridgehead atoms. The highest BCUT2D eigenvalue weighted by atomic mass is 16.5. The van der Waals surface area contributed by atoms with Gasteiger partial charge in [-0.25, -0.2) is 0 Å². The standard InChI is InChI=1S/C16H23N3O2/c1-5-13(20-4)15-18-16(21-19-15)11(2)14(17-3)12-9-7-6-8-10-12/h6-11,13-14,17H,5H2,1-4H3. The van der Waals surface area contributed by atoms with Crippen LogP contribution in [0.25, 0.3) is 0 Å². The number of benzene rings is 1. The van der Waals surface area contributed by atoms with E-state index in [9.17, 15) is 0 Å². The molecule has 5 nitrogen and oxygen atoms in total. The van der Waals surface area contributed by atoms with E-state index in [0.29, 0.717) is 11.7 Å². The summed E-state index contributed by atoms with van der Waals surface area (Å²) in [4.78, 5) is 4.50. The molecule has 1 aromatic heterocycles. The monoisotopic (exact) mass is 289 g/mol. The zero-order chi connectivity index (χ0) is 15.2. The van der Waals surface area contributed by atoms with Crippen molar-refractivity contribution >= 4 is 0 Å². The maximum absolute atomic E-state index is 5.43. The number of nitrogens with zero attached hydrogens (tertiary/aromatic N) is 2. The van der Waals surface area contributed by atoms with E-state index >= 15 is 0 Å². The maximum Gasteiger partial charge on any atom is 0.231 e. The average Bonchev–Trinajstić information content (AvgIpc) is 3.00. The summed E-state index contributed by atoms with van der Waals surface area (Å²) in [7, 11) is 3.60. The second-order valence-corrected chi connectivity index (χ2v) is 5.09. The van der Waals surface area contributed by atoms with Crippen LogP contribution in [0.3, 0.4) is 0 Å². The maximum atomic E-state index is 5.43. The normalized spacial score (nSPS) is 15.6. The van der Waals surface area contributed by atoms with Gasteiger partial charge < -0.3 is 14.6 Å². The van der Waals surface area contributed by atoms with Crippen molar-refractivity contribution in [2.45, 2.75) is 38.3 Å². The lowest BCUT2D eigenvalue weighted by Crippen LogP contribution is -2.22.